The van der Waals surface area contributed by atoms with Crippen molar-refractivity contribution in [2.24, 2.45) is 0 Å². The smallest absolute Gasteiger partial charge is 0.309 e. The van der Waals surface area contributed by atoms with E-state index in [4.69, 9.17) is 5.11 Å². The van der Waals surface area contributed by atoms with E-state index >= 15 is 0 Å². The molecule has 0 bridgehead atoms. The van der Waals surface area contributed by atoms with Crippen molar-refractivity contribution in [3.63, 3.8) is 0 Å². The molecule has 0 spiro atoms. The van der Waals surface area contributed by atoms with Gasteiger partial charge in [0.1, 0.15) is 0 Å². The summed E-state index contributed by atoms with van der Waals surface area (Å²) in [5.41, 5.74) is 3.32. The van der Waals surface area contributed by atoms with Crippen molar-refractivity contribution < 1.29 is 9.90 Å². The van der Waals surface area contributed by atoms with Crippen LogP contribution in [-0.4, -0.2) is 25.4 Å². The Kier molecular flexibility index (Phi) is 2.41. The third kappa shape index (κ3) is 1.60. The zero-order valence-electron chi connectivity index (χ0n) is 9.57. The summed E-state index contributed by atoms with van der Waals surface area (Å²) in [5, 5.41) is 8.97. The predicted molar refractivity (Wildman–Crippen MR) is 70.8 cm³/mol. The van der Waals surface area contributed by atoms with Crippen LogP contribution in [0.25, 0.3) is 16.8 Å². The standard InChI is InChI=1S/C12H10BrN3O2/c1-6-10(5-11(17)18)16-9-3-2-7(13)4-8(9)15-12(16)14-6/h2-4H,5H2,1H3,(H,14,15)(H,17,18). The van der Waals surface area contributed by atoms with Crippen molar-refractivity contribution in [2.45, 2.75) is 13.3 Å². The number of carbonyl (C=O) groups is 1. The summed E-state index contributed by atoms with van der Waals surface area (Å²) in [7, 11) is 0. The second-order valence-corrected chi connectivity index (χ2v) is 5.09. The van der Waals surface area contributed by atoms with E-state index in [0.717, 1.165) is 26.9 Å². The minimum absolute atomic E-state index is 0.0205. The molecule has 3 rings (SSSR count). The first kappa shape index (κ1) is 11.3. The molecule has 0 aliphatic heterocycles. The van der Waals surface area contributed by atoms with Crippen molar-refractivity contribution in [3.05, 3.63) is 34.1 Å². The lowest BCUT2D eigenvalue weighted by molar-refractivity contribution is -0.136. The van der Waals surface area contributed by atoms with Crippen molar-refractivity contribution in [3.8, 4) is 0 Å². The van der Waals surface area contributed by atoms with Gasteiger partial charge in [-0.05, 0) is 25.1 Å². The SMILES string of the molecule is Cc1[nH]c2nc3cc(Br)ccc3n2c1CC(=O)O. The van der Waals surface area contributed by atoms with Gasteiger partial charge in [0.25, 0.3) is 0 Å². The third-order valence-corrected chi connectivity index (χ3v) is 3.43. The number of halogens is 1. The zero-order chi connectivity index (χ0) is 12.9. The topological polar surface area (TPSA) is 70.4 Å². The maximum atomic E-state index is 10.9. The van der Waals surface area contributed by atoms with Gasteiger partial charge >= 0.3 is 5.97 Å². The molecule has 0 unspecified atom stereocenters. The number of imidazole rings is 2. The maximum absolute atomic E-state index is 10.9. The van der Waals surface area contributed by atoms with Crippen LogP contribution in [0.4, 0.5) is 0 Å². The van der Waals surface area contributed by atoms with E-state index in [1.165, 1.54) is 0 Å². The van der Waals surface area contributed by atoms with Gasteiger partial charge in [-0.15, -0.1) is 0 Å². The Labute approximate surface area is 111 Å². The van der Waals surface area contributed by atoms with Gasteiger partial charge in [0, 0.05) is 10.2 Å². The molecule has 0 aliphatic carbocycles. The Balaban J connectivity index is 2.37. The molecule has 1 aromatic carbocycles. The van der Waals surface area contributed by atoms with Gasteiger partial charge in [-0.3, -0.25) is 9.20 Å². The highest BCUT2D eigenvalue weighted by atomic mass is 79.9. The van der Waals surface area contributed by atoms with Gasteiger partial charge in [-0.2, -0.15) is 0 Å². The van der Waals surface area contributed by atoms with E-state index in [-0.39, 0.29) is 6.42 Å². The third-order valence-electron chi connectivity index (χ3n) is 2.94. The molecular formula is C12H10BrN3O2. The highest BCUT2D eigenvalue weighted by molar-refractivity contribution is 9.10. The van der Waals surface area contributed by atoms with E-state index in [1.54, 1.807) is 0 Å². The number of carboxylic acids is 1. The number of carboxylic acid groups (broad SMARTS) is 1. The summed E-state index contributed by atoms with van der Waals surface area (Å²) in [6.07, 6.45) is -0.0205. The first-order valence-corrected chi connectivity index (χ1v) is 6.22. The molecule has 0 saturated carbocycles. The van der Waals surface area contributed by atoms with E-state index in [0.29, 0.717) is 5.78 Å². The van der Waals surface area contributed by atoms with Gasteiger partial charge < -0.3 is 10.1 Å². The molecule has 18 heavy (non-hydrogen) atoms. The summed E-state index contributed by atoms with van der Waals surface area (Å²) in [4.78, 5) is 18.5. The number of rotatable bonds is 2. The average molecular weight is 308 g/mol. The van der Waals surface area contributed by atoms with Crippen LogP contribution < -0.4 is 0 Å². The van der Waals surface area contributed by atoms with E-state index in [1.807, 2.05) is 29.5 Å². The van der Waals surface area contributed by atoms with Crippen LogP contribution in [0.3, 0.4) is 0 Å². The Morgan fingerprint density at radius 2 is 2.33 bits per heavy atom. The minimum Gasteiger partial charge on any atom is -0.481 e. The molecular weight excluding hydrogens is 298 g/mol. The first-order chi connectivity index (χ1) is 8.56. The van der Waals surface area contributed by atoms with E-state index < -0.39 is 5.97 Å². The molecule has 92 valence electrons. The molecule has 0 fully saturated rings. The monoisotopic (exact) mass is 307 g/mol. The van der Waals surface area contributed by atoms with Gasteiger partial charge in [-0.1, -0.05) is 15.9 Å². The normalized spacial score (nSPS) is 11.4. The average Bonchev–Trinajstić information content (AvgIpc) is 2.75. The summed E-state index contributed by atoms with van der Waals surface area (Å²) >= 11 is 3.40. The Hall–Kier alpha value is -1.82. The fraction of sp³-hybridized carbons (Fsp3) is 0.167. The molecule has 3 aromatic rings. The Bertz CT molecular complexity index is 772. The van der Waals surface area contributed by atoms with Gasteiger partial charge in [0.05, 0.1) is 23.1 Å². The molecule has 2 N–H and O–H groups in total. The second-order valence-electron chi connectivity index (χ2n) is 4.17. The quantitative estimate of drug-likeness (QED) is 0.764. The van der Waals surface area contributed by atoms with Crippen LogP contribution in [0.5, 0.6) is 0 Å². The first-order valence-electron chi connectivity index (χ1n) is 5.43. The van der Waals surface area contributed by atoms with Gasteiger partial charge in [0.2, 0.25) is 5.78 Å². The van der Waals surface area contributed by atoms with Crippen LogP contribution in [0.1, 0.15) is 11.4 Å². The number of nitrogens with one attached hydrogen (secondary N) is 1. The molecule has 0 radical (unpaired) electrons. The summed E-state index contributed by atoms with van der Waals surface area (Å²) in [6.45, 7) is 1.86. The molecule has 6 heteroatoms. The number of H-pyrrole nitrogens is 1. The number of aromatic nitrogens is 3. The highest BCUT2D eigenvalue weighted by Crippen LogP contribution is 2.23. The van der Waals surface area contributed by atoms with Crippen LogP contribution in [0.2, 0.25) is 0 Å². The summed E-state index contributed by atoms with van der Waals surface area (Å²) in [5.74, 6) is -0.171. The number of aryl methyl sites for hydroxylation is 1. The predicted octanol–water partition coefficient (Wildman–Crippen LogP) is 2.51. The van der Waals surface area contributed by atoms with Gasteiger partial charge in [0.15, 0.2) is 0 Å². The number of fused-ring (bicyclic) bond motifs is 3. The summed E-state index contributed by atoms with van der Waals surface area (Å²) in [6, 6.07) is 5.76. The van der Waals surface area contributed by atoms with Crippen molar-refractivity contribution in [1.29, 1.82) is 0 Å². The molecule has 0 atom stereocenters. The lowest BCUT2D eigenvalue weighted by atomic mass is 10.2. The van der Waals surface area contributed by atoms with Crippen LogP contribution in [0, 0.1) is 6.92 Å². The van der Waals surface area contributed by atoms with Gasteiger partial charge in [-0.25, -0.2) is 4.98 Å². The van der Waals surface area contributed by atoms with Crippen LogP contribution in [0.15, 0.2) is 22.7 Å². The summed E-state index contributed by atoms with van der Waals surface area (Å²) < 4.78 is 2.82. The number of hydrogen-bond acceptors (Lipinski definition) is 2. The fourth-order valence-corrected chi connectivity index (χ4v) is 2.52. The molecule has 0 amide bonds. The van der Waals surface area contributed by atoms with E-state index in [2.05, 4.69) is 25.9 Å². The fourth-order valence-electron chi connectivity index (χ4n) is 2.17. The Morgan fingerprint density at radius 1 is 1.56 bits per heavy atom. The van der Waals surface area contributed by atoms with E-state index in [9.17, 15) is 4.79 Å². The van der Waals surface area contributed by atoms with Crippen molar-refractivity contribution in [2.75, 3.05) is 0 Å². The number of aromatic amines is 1. The molecule has 2 aromatic heterocycles. The molecule has 5 nitrogen and oxygen atoms in total. The van der Waals surface area contributed by atoms with Crippen LogP contribution in [-0.2, 0) is 11.2 Å². The zero-order valence-corrected chi connectivity index (χ0v) is 11.2. The van der Waals surface area contributed by atoms with Crippen molar-refractivity contribution >= 4 is 38.7 Å². The lowest BCUT2D eigenvalue weighted by Gasteiger charge is -1.99. The number of benzene rings is 1. The molecule has 0 saturated heterocycles. The van der Waals surface area contributed by atoms with Crippen LogP contribution >= 0.6 is 15.9 Å². The molecule has 2 heterocycles. The second kappa shape index (κ2) is 3.84. The maximum Gasteiger partial charge on any atom is 0.309 e. The highest BCUT2D eigenvalue weighted by Gasteiger charge is 2.15. The largest absolute Gasteiger partial charge is 0.481 e. The number of nitrogens with zero attached hydrogens (tertiary/aromatic N) is 2. The lowest BCUT2D eigenvalue weighted by Crippen LogP contribution is -2.04. The molecule has 0 aliphatic rings. The number of aliphatic carboxylic acids is 1. The van der Waals surface area contributed by atoms with Crippen molar-refractivity contribution in [1.82, 2.24) is 14.4 Å². The minimum atomic E-state index is -0.849. The Morgan fingerprint density at radius 3 is 3.06 bits per heavy atom. The number of hydrogen-bond donors (Lipinski definition) is 2.